The fourth-order valence-corrected chi connectivity index (χ4v) is 1.67. The molecule has 0 bridgehead atoms. The molecule has 18 heavy (non-hydrogen) atoms. The van der Waals surface area contributed by atoms with Crippen LogP contribution in [0.25, 0.3) is 0 Å². The fourth-order valence-electron chi connectivity index (χ4n) is 1.67. The monoisotopic (exact) mass is 246 g/mol. The lowest BCUT2D eigenvalue weighted by atomic mass is 10.2. The van der Waals surface area contributed by atoms with Gasteiger partial charge >= 0.3 is 6.09 Å². The molecule has 1 amide bonds. The van der Waals surface area contributed by atoms with Gasteiger partial charge in [-0.15, -0.1) is 0 Å². The van der Waals surface area contributed by atoms with Gasteiger partial charge in [0.2, 0.25) is 0 Å². The Morgan fingerprint density at radius 2 is 2.11 bits per heavy atom. The van der Waals surface area contributed by atoms with Crippen molar-refractivity contribution < 1.29 is 9.53 Å². The number of benzene rings is 1. The molecule has 1 aromatic carbocycles. The van der Waals surface area contributed by atoms with Gasteiger partial charge in [-0.3, -0.25) is 0 Å². The first kappa shape index (κ1) is 14.0. The molecule has 1 atom stereocenters. The van der Waals surface area contributed by atoms with E-state index >= 15 is 0 Å². The molecule has 0 spiro atoms. The Morgan fingerprint density at radius 1 is 1.44 bits per heavy atom. The Bertz CT molecular complexity index is 412. The summed E-state index contributed by atoms with van der Waals surface area (Å²) < 4.78 is 5.23. The Hall–Kier alpha value is -2.02. The third-order valence-corrected chi connectivity index (χ3v) is 2.70. The SMILES string of the molecule is CCN(C(=O)OCc1ccccc1)C(C)CC#N. The minimum atomic E-state index is -0.371. The zero-order valence-electron chi connectivity index (χ0n) is 10.8. The standard InChI is InChI=1S/C14H18N2O2/c1-3-16(12(2)9-10-15)14(17)18-11-13-7-5-4-6-8-13/h4-8,12H,3,9,11H2,1-2H3. The molecule has 4 heteroatoms. The highest BCUT2D eigenvalue weighted by molar-refractivity contribution is 5.68. The molecule has 4 nitrogen and oxygen atoms in total. The summed E-state index contributed by atoms with van der Waals surface area (Å²) in [6.07, 6.45) is -0.0574. The summed E-state index contributed by atoms with van der Waals surface area (Å²) in [7, 11) is 0. The van der Waals surface area contributed by atoms with Crippen LogP contribution in [0.5, 0.6) is 0 Å². The normalized spacial score (nSPS) is 11.4. The van der Waals surface area contributed by atoms with Gasteiger partial charge in [-0.2, -0.15) is 5.26 Å². The quantitative estimate of drug-likeness (QED) is 0.802. The van der Waals surface area contributed by atoms with Crippen LogP contribution < -0.4 is 0 Å². The predicted molar refractivity (Wildman–Crippen MR) is 68.7 cm³/mol. The Kier molecular flexibility index (Phi) is 5.72. The summed E-state index contributed by atoms with van der Waals surface area (Å²) in [5.74, 6) is 0. The van der Waals surface area contributed by atoms with Crippen LogP contribution in [0.3, 0.4) is 0 Å². The maximum Gasteiger partial charge on any atom is 0.410 e. The molecule has 0 heterocycles. The largest absolute Gasteiger partial charge is 0.445 e. The Morgan fingerprint density at radius 3 is 2.67 bits per heavy atom. The molecule has 0 aliphatic carbocycles. The lowest BCUT2D eigenvalue weighted by molar-refractivity contribution is 0.0860. The van der Waals surface area contributed by atoms with Gasteiger partial charge < -0.3 is 9.64 Å². The summed E-state index contributed by atoms with van der Waals surface area (Å²) >= 11 is 0. The predicted octanol–water partition coefficient (Wildman–Crippen LogP) is 2.95. The minimum absolute atomic E-state index is 0.122. The lowest BCUT2D eigenvalue weighted by Crippen LogP contribution is -2.38. The van der Waals surface area contributed by atoms with Gasteiger partial charge in [0.25, 0.3) is 0 Å². The molecule has 0 radical (unpaired) electrons. The number of ether oxygens (including phenoxy) is 1. The maximum absolute atomic E-state index is 11.9. The average Bonchev–Trinajstić information content (AvgIpc) is 2.39. The van der Waals surface area contributed by atoms with Gasteiger partial charge in [-0.25, -0.2) is 4.79 Å². The molecule has 0 saturated carbocycles. The summed E-state index contributed by atoms with van der Waals surface area (Å²) in [5, 5.41) is 8.64. The Balaban J connectivity index is 2.51. The van der Waals surface area contributed by atoms with Gasteiger partial charge in [0.1, 0.15) is 6.61 Å². The van der Waals surface area contributed by atoms with Crippen molar-refractivity contribution in [3.05, 3.63) is 35.9 Å². The minimum Gasteiger partial charge on any atom is -0.445 e. The van der Waals surface area contributed by atoms with Crippen molar-refractivity contribution in [2.75, 3.05) is 6.54 Å². The third-order valence-electron chi connectivity index (χ3n) is 2.70. The lowest BCUT2D eigenvalue weighted by Gasteiger charge is -2.25. The van der Waals surface area contributed by atoms with Gasteiger partial charge in [0, 0.05) is 12.6 Å². The first-order valence-electron chi connectivity index (χ1n) is 6.03. The molecule has 1 rings (SSSR count). The molecule has 0 aliphatic heterocycles. The van der Waals surface area contributed by atoms with E-state index in [0.29, 0.717) is 13.0 Å². The average molecular weight is 246 g/mol. The molecule has 0 fully saturated rings. The van der Waals surface area contributed by atoms with E-state index in [0.717, 1.165) is 5.56 Å². The zero-order valence-corrected chi connectivity index (χ0v) is 10.8. The summed E-state index contributed by atoms with van der Waals surface area (Å²) in [6, 6.07) is 11.5. The molecule has 0 saturated heterocycles. The molecular weight excluding hydrogens is 228 g/mol. The first-order chi connectivity index (χ1) is 8.69. The second kappa shape index (κ2) is 7.33. The number of hydrogen-bond acceptors (Lipinski definition) is 3. The number of nitriles is 1. The van der Waals surface area contributed by atoms with Crippen molar-refractivity contribution in [2.45, 2.75) is 32.9 Å². The fraction of sp³-hybridized carbons (Fsp3) is 0.429. The molecule has 0 N–H and O–H groups in total. The van der Waals surface area contributed by atoms with Crippen molar-refractivity contribution in [1.29, 1.82) is 5.26 Å². The molecule has 1 unspecified atom stereocenters. The van der Waals surface area contributed by atoms with E-state index < -0.39 is 0 Å². The molecular formula is C14H18N2O2. The second-order valence-electron chi connectivity index (χ2n) is 4.04. The van der Waals surface area contributed by atoms with Crippen molar-refractivity contribution in [2.24, 2.45) is 0 Å². The van der Waals surface area contributed by atoms with Crippen molar-refractivity contribution >= 4 is 6.09 Å². The first-order valence-corrected chi connectivity index (χ1v) is 6.03. The van der Waals surface area contributed by atoms with Crippen LogP contribution >= 0.6 is 0 Å². The van der Waals surface area contributed by atoms with E-state index in [2.05, 4.69) is 6.07 Å². The van der Waals surface area contributed by atoms with Crippen LogP contribution in [0, 0.1) is 11.3 Å². The summed E-state index contributed by atoms with van der Waals surface area (Å²) in [5.41, 5.74) is 0.954. The van der Waals surface area contributed by atoms with Gasteiger partial charge in [-0.05, 0) is 19.4 Å². The third kappa shape index (κ3) is 4.10. The highest BCUT2D eigenvalue weighted by atomic mass is 16.6. The highest BCUT2D eigenvalue weighted by Gasteiger charge is 2.19. The second-order valence-corrected chi connectivity index (χ2v) is 4.04. The number of hydrogen-bond donors (Lipinski definition) is 0. The van der Waals surface area contributed by atoms with E-state index in [9.17, 15) is 4.79 Å². The van der Waals surface area contributed by atoms with Gasteiger partial charge in [-0.1, -0.05) is 30.3 Å². The van der Waals surface area contributed by atoms with Crippen molar-refractivity contribution in [3.8, 4) is 6.07 Å². The molecule has 0 aromatic heterocycles. The van der Waals surface area contributed by atoms with Gasteiger partial charge in [0.15, 0.2) is 0 Å². The Labute approximate surface area is 108 Å². The molecule has 96 valence electrons. The number of nitrogens with zero attached hydrogens (tertiary/aromatic N) is 2. The molecule has 1 aromatic rings. The summed E-state index contributed by atoms with van der Waals surface area (Å²) in [6.45, 7) is 4.51. The zero-order chi connectivity index (χ0) is 13.4. The van der Waals surface area contributed by atoms with E-state index in [-0.39, 0.29) is 18.7 Å². The van der Waals surface area contributed by atoms with E-state index in [1.165, 1.54) is 0 Å². The number of rotatable bonds is 5. The van der Waals surface area contributed by atoms with Crippen molar-refractivity contribution in [1.82, 2.24) is 4.90 Å². The van der Waals surface area contributed by atoms with Crippen LogP contribution in [0.15, 0.2) is 30.3 Å². The van der Waals surface area contributed by atoms with Crippen LogP contribution in [-0.2, 0) is 11.3 Å². The van der Waals surface area contributed by atoms with Crippen LogP contribution in [0.2, 0.25) is 0 Å². The number of amides is 1. The van der Waals surface area contributed by atoms with Crippen LogP contribution in [-0.4, -0.2) is 23.6 Å². The van der Waals surface area contributed by atoms with E-state index in [1.54, 1.807) is 4.90 Å². The molecule has 0 aliphatic rings. The highest BCUT2D eigenvalue weighted by Crippen LogP contribution is 2.08. The van der Waals surface area contributed by atoms with E-state index in [1.807, 2.05) is 44.2 Å². The number of carbonyl (C=O) groups is 1. The topological polar surface area (TPSA) is 53.3 Å². The van der Waals surface area contributed by atoms with Crippen molar-refractivity contribution in [3.63, 3.8) is 0 Å². The number of carbonyl (C=O) groups excluding carboxylic acids is 1. The smallest absolute Gasteiger partial charge is 0.410 e. The van der Waals surface area contributed by atoms with Gasteiger partial charge in [0.05, 0.1) is 12.5 Å². The van der Waals surface area contributed by atoms with Crippen LogP contribution in [0.4, 0.5) is 4.79 Å². The van der Waals surface area contributed by atoms with Crippen LogP contribution in [0.1, 0.15) is 25.8 Å². The summed E-state index contributed by atoms with van der Waals surface area (Å²) in [4.78, 5) is 13.4. The van der Waals surface area contributed by atoms with E-state index in [4.69, 9.17) is 10.00 Å². The maximum atomic E-state index is 11.9.